The largest absolute Gasteiger partial charge is 0.392 e. The molecule has 1 saturated carbocycles. The molecule has 1 fully saturated rings. The molecule has 0 bridgehead atoms. The van der Waals surface area contributed by atoms with E-state index in [0.717, 1.165) is 13.1 Å². The van der Waals surface area contributed by atoms with Crippen molar-refractivity contribution < 1.29 is 5.11 Å². The number of hydrogen-bond acceptors (Lipinski definition) is 2. The molecular weight excluding hydrogens is 186 g/mol. The van der Waals surface area contributed by atoms with Gasteiger partial charge in [0.05, 0.1) is 6.10 Å². The Balaban J connectivity index is 2.10. The molecule has 1 aliphatic rings. The minimum Gasteiger partial charge on any atom is -0.392 e. The predicted octanol–water partition coefficient (Wildman–Crippen LogP) is 2.66. The molecule has 0 aromatic rings. The van der Waals surface area contributed by atoms with Crippen molar-refractivity contribution in [1.29, 1.82) is 0 Å². The third-order valence-corrected chi connectivity index (χ3v) is 3.59. The molecule has 1 rings (SSSR count). The second-order valence-corrected chi connectivity index (χ2v) is 5.08. The number of aliphatic hydroxyl groups excluding tert-OH is 1. The van der Waals surface area contributed by atoms with Crippen LogP contribution in [0.5, 0.6) is 0 Å². The van der Waals surface area contributed by atoms with Gasteiger partial charge in [0.1, 0.15) is 0 Å². The maximum atomic E-state index is 10.0. The van der Waals surface area contributed by atoms with E-state index in [4.69, 9.17) is 0 Å². The molecule has 0 aromatic heterocycles. The van der Waals surface area contributed by atoms with Crippen LogP contribution in [0.4, 0.5) is 0 Å². The summed E-state index contributed by atoms with van der Waals surface area (Å²) in [5.74, 6) is 0.582. The van der Waals surface area contributed by atoms with E-state index in [-0.39, 0.29) is 6.10 Å². The number of hydrogen-bond donors (Lipinski definition) is 1. The van der Waals surface area contributed by atoms with Crippen molar-refractivity contribution in [3.05, 3.63) is 0 Å². The highest BCUT2D eigenvalue weighted by molar-refractivity contribution is 4.76. The lowest BCUT2D eigenvalue weighted by Crippen LogP contribution is -2.34. The maximum Gasteiger partial charge on any atom is 0.0695 e. The van der Waals surface area contributed by atoms with Crippen molar-refractivity contribution in [2.24, 2.45) is 5.92 Å². The first-order valence-corrected chi connectivity index (χ1v) is 6.60. The molecule has 0 aliphatic heterocycles. The third-order valence-electron chi connectivity index (χ3n) is 3.59. The first-order chi connectivity index (χ1) is 7.24. The van der Waals surface area contributed by atoms with E-state index in [1.165, 1.54) is 44.9 Å². The van der Waals surface area contributed by atoms with Gasteiger partial charge < -0.3 is 10.0 Å². The molecular formula is C13H27NO. The second kappa shape index (κ2) is 7.24. The van der Waals surface area contributed by atoms with Gasteiger partial charge in [-0.3, -0.25) is 0 Å². The molecule has 1 unspecified atom stereocenters. The van der Waals surface area contributed by atoms with E-state index in [1.807, 2.05) is 0 Å². The molecule has 2 heteroatoms. The lowest BCUT2D eigenvalue weighted by atomic mass is 10.0. The van der Waals surface area contributed by atoms with E-state index in [9.17, 15) is 5.11 Å². The highest BCUT2D eigenvalue weighted by Gasteiger charge is 2.23. The van der Waals surface area contributed by atoms with Crippen molar-refractivity contribution in [2.45, 2.75) is 58.0 Å². The average Bonchev–Trinajstić information content (AvgIpc) is 2.70. The first kappa shape index (κ1) is 13.0. The van der Waals surface area contributed by atoms with Gasteiger partial charge in [0.25, 0.3) is 0 Å². The molecule has 90 valence electrons. The summed E-state index contributed by atoms with van der Waals surface area (Å²) in [6, 6.07) is 0. The van der Waals surface area contributed by atoms with Crippen LogP contribution in [0.15, 0.2) is 0 Å². The van der Waals surface area contributed by atoms with Gasteiger partial charge in [0.15, 0.2) is 0 Å². The van der Waals surface area contributed by atoms with Crippen LogP contribution in [0.2, 0.25) is 0 Å². The zero-order chi connectivity index (χ0) is 11.1. The lowest BCUT2D eigenvalue weighted by Gasteiger charge is -2.24. The van der Waals surface area contributed by atoms with Gasteiger partial charge in [0.2, 0.25) is 0 Å². The Kier molecular flexibility index (Phi) is 6.26. The molecule has 1 atom stereocenters. The Morgan fingerprint density at radius 2 is 1.93 bits per heavy atom. The molecule has 2 nitrogen and oxygen atoms in total. The van der Waals surface area contributed by atoms with E-state index >= 15 is 0 Å². The summed E-state index contributed by atoms with van der Waals surface area (Å²) < 4.78 is 0. The van der Waals surface area contributed by atoms with Crippen LogP contribution in [-0.2, 0) is 0 Å². The van der Waals surface area contributed by atoms with Crippen LogP contribution in [0, 0.1) is 5.92 Å². The Morgan fingerprint density at radius 1 is 1.27 bits per heavy atom. The van der Waals surface area contributed by atoms with Crippen LogP contribution in [0.25, 0.3) is 0 Å². The molecule has 0 spiro atoms. The predicted molar refractivity (Wildman–Crippen MR) is 65.0 cm³/mol. The van der Waals surface area contributed by atoms with Crippen LogP contribution >= 0.6 is 0 Å². The fourth-order valence-electron chi connectivity index (χ4n) is 2.53. The fourth-order valence-corrected chi connectivity index (χ4v) is 2.53. The summed E-state index contributed by atoms with van der Waals surface area (Å²) in [5, 5.41) is 10.0. The minimum atomic E-state index is -0.0841. The smallest absolute Gasteiger partial charge is 0.0695 e. The molecule has 0 saturated heterocycles. The highest BCUT2D eigenvalue weighted by atomic mass is 16.3. The quantitative estimate of drug-likeness (QED) is 0.657. The van der Waals surface area contributed by atoms with Crippen molar-refractivity contribution >= 4 is 0 Å². The summed E-state index contributed by atoms with van der Waals surface area (Å²) in [4.78, 5) is 2.29. The fraction of sp³-hybridized carbons (Fsp3) is 1.00. The Hall–Kier alpha value is -0.0800. The monoisotopic (exact) mass is 213 g/mol. The van der Waals surface area contributed by atoms with Crippen molar-refractivity contribution in [3.8, 4) is 0 Å². The molecule has 0 aromatic carbocycles. The van der Waals surface area contributed by atoms with E-state index < -0.39 is 0 Å². The average molecular weight is 213 g/mol. The Bertz CT molecular complexity index is 155. The number of aliphatic hydroxyl groups is 1. The summed E-state index contributed by atoms with van der Waals surface area (Å²) in [7, 11) is 2.13. The topological polar surface area (TPSA) is 23.5 Å². The first-order valence-electron chi connectivity index (χ1n) is 6.60. The minimum absolute atomic E-state index is 0.0841. The Morgan fingerprint density at radius 3 is 2.53 bits per heavy atom. The zero-order valence-electron chi connectivity index (χ0n) is 10.4. The molecule has 0 amide bonds. The van der Waals surface area contributed by atoms with Crippen LogP contribution < -0.4 is 0 Å². The van der Waals surface area contributed by atoms with Crippen LogP contribution in [0.1, 0.15) is 51.9 Å². The van der Waals surface area contributed by atoms with Gasteiger partial charge in [0, 0.05) is 6.54 Å². The summed E-state index contributed by atoms with van der Waals surface area (Å²) >= 11 is 0. The standard InChI is InChI=1S/C13H27NO/c1-3-4-7-10-14(2)11-13(15)12-8-5-6-9-12/h12-13,15H,3-11H2,1-2H3. The van der Waals surface area contributed by atoms with Gasteiger partial charge in [-0.15, -0.1) is 0 Å². The van der Waals surface area contributed by atoms with Gasteiger partial charge in [-0.25, -0.2) is 0 Å². The number of rotatable bonds is 7. The second-order valence-electron chi connectivity index (χ2n) is 5.08. The number of likely N-dealkylation sites (N-methyl/N-ethyl adjacent to an activating group) is 1. The number of unbranched alkanes of at least 4 members (excludes halogenated alkanes) is 2. The molecule has 0 heterocycles. The summed E-state index contributed by atoms with van der Waals surface area (Å²) in [5.41, 5.74) is 0. The van der Waals surface area contributed by atoms with E-state index in [2.05, 4.69) is 18.9 Å². The van der Waals surface area contributed by atoms with Gasteiger partial charge in [-0.05, 0) is 38.8 Å². The van der Waals surface area contributed by atoms with Gasteiger partial charge >= 0.3 is 0 Å². The SMILES string of the molecule is CCCCCN(C)CC(O)C1CCCC1. The summed E-state index contributed by atoms with van der Waals surface area (Å²) in [6.07, 6.45) is 8.89. The summed E-state index contributed by atoms with van der Waals surface area (Å²) in [6.45, 7) is 4.24. The molecule has 0 radical (unpaired) electrons. The highest BCUT2D eigenvalue weighted by Crippen LogP contribution is 2.27. The van der Waals surface area contributed by atoms with Crippen molar-refractivity contribution in [2.75, 3.05) is 20.1 Å². The van der Waals surface area contributed by atoms with Crippen LogP contribution in [-0.4, -0.2) is 36.2 Å². The maximum absolute atomic E-state index is 10.0. The van der Waals surface area contributed by atoms with Crippen LogP contribution in [0.3, 0.4) is 0 Å². The molecule has 1 aliphatic carbocycles. The van der Waals surface area contributed by atoms with Gasteiger partial charge in [-0.2, -0.15) is 0 Å². The van der Waals surface area contributed by atoms with E-state index in [0.29, 0.717) is 5.92 Å². The van der Waals surface area contributed by atoms with E-state index in [1.54, 1.807) is 0 Å². The number of nitrogens with zero attached hydrogens (tertiary/aromatic N) is 1. The molecule has 1 N–H and O–H groups in total. The molecule has 15 heavy (non-hydrogen) atoms. The lowest BCUT2D eigenvalue weighted by molar-refractivity contribution is 0.0742. The normalized spacial score (nSPS) is 20.0. The third kappa shape index (κ3) is 4.98. The zero-order valence-corrected chi connectivity index (χ0v) is 10.4. The Labute approximate surface area is 94.7 Å². The van der Waals surface area contributed by atoms with Gasteiger partial charge in [-0.1, -0.05) is 32.6 Å². The van der Waals surface area contributed by atoms with Crippen molar-refractivity contribution in [1.82, 2.24) is 4.90 Å². The van der Waals surface area contributed by atoms with Crippen molar-refractivity contribution in [3.63, 3.8) is 0 Å².